The molecule has 4 heteroatoms. The van der Waals surface area contributed by atoms with E-state index in [0.29, 0.717) is 10.8 Å². The van der Waals surface area contributed by atoms with E-state index < -0.39 is 0 Å². The number of hydrogen-bond donors (Lipinski definition) is 1. The largest absolute Gasteiger partial charge is 0.496 e. The summed E-state index contributed by atoms with van der Waals surface area (Å²) in [7, 11) is 5.20. The van der Waals surface area contributed by atoms with E-state index in [1.165, 1.54) is 0 Å². The van der Waals surface area contributed by atoms with Gasteiger partial charge in [0.05, 0.1) is 19.2 Å². The number of halogens is 1. The Labute approximate surface area is 124 Å². The molecule has 3 nitrogen and oxygen atoms in total. The van der Waals surface area contributed by atoms with Crippen molar-refractivity contribution in [3.05, 3.63) is 47.0 Å². The van der Waals surface area contributed by atoms with Gasteiger partial charge in [-0.15, -0.1) is 0 Å². The minimum Gasteiger partial charge on any atom is -0.496 e. The maximum absolute atomic E-state index is 6.18. The lowest BCUT2D eigenvalue weighted by atomic mass is 10.0. The minimum atomic E-state index is 0.607. The van der Waals surface area contributed by atoms with Crippen LogP contribution >= 0.6 is 11.6 Å². The number of ether oxygens (including phenoxy) is 2. The minimum absolute atomic E-state index is 0.607. The molecule has 0 aliphatic carbocycles. The quantitative estimate of drug-likeness (QED) is 0.910. The van der Waals surface area contributed by atoms with Crippen LogP contribution in [-0.4, -0.2) is 21.3 Å². The van der Waals surface area contributed by atoms with Crippen molar-refractivity contribution >= 4 is 11.6 Å². The summed E-state index contributed by atoms with van der Waals surface area (Å²) in [6.45, 7) is 0.751. The fourth-order valence-electron chi connectivity index (χ4n) is 2.13. The molecule has 2 rings (SSSR count). The molecular weight excluding hydrogens is 274 g/mol. The predicted octanol–water partition coefficient (Wildman–Crippen LogP) is 3.74. The maximum Gasteiger partial charge on any atom is 0.137 e. The van der Waals surface area contributed by atoms with Gasteiger partial charge >= 0.3 is 0 Å². The molecule has 0 fully saturated rings. The highest BCUT2D eigenvalue weighted by Crippen LogP contribution is 2.32. The van der Waals surface area contributed by atoms with Gasteiger partial charge in [0, 0.05) is 12.1 Å². The van der Waals surface area contributed by atoms with Gasteiger partial charge in [0.1, 0.15) is 11.5 Å². The zero-order valence-electron chi connectivity index (χ0n) is 11.9. The van der Waals surface area contributed by atoms with Crippen LogP contribution < -0.4 is 14.8 Å². The molecule has 1 N–H and O–H groups in total. The van der Waals surface area contributed by atoms with E-state index in [0.717, 1.165) is 29.0 Å². The van der Waals surface area contributed by atoms with Crippen molar-refractivity contribution < 1.29 is 9.47 Å². The third-order valence-electron chi connectivity index (χ3n) is 3.13. The lowest BCUT2D eigenvalue weighted by Crippen LogP contribution is -2.06. The monoisotopic (exact) mass is 291 g/mol. The van der Waals surface area contributed by atoms with Crippen molar-refractivity contribution in [3.63, 3.8) is 0 Å². The summed E-state index contributed by atoms with van der Waals surface area (Å²) in [5, 5.41) is 3.75. The van der Waals surface area contributed by atoms with Gasteiger partial charge in [-0.3, -0.25) is 0 Å². The third kappa shape index (κ3) is 3.06. The molecule has 0 amide bonds. The lowest BCUT2D eigenvalue weighted by Gasteiger charge is -2.11. The van der Waals surface area contributed by atoms with Crippen molar-refractivity contribution in [1.82, 2.24) is 5.32 Å². The Morgan fingerprint density at radius 1 is 0.950 bits per heavy atom. The fourth-order valence-corrected chi connectivity index (χ4v) is 2.39. The molecule has 0 spiro atoms. The maximum atomic E-state index is 6.18. The number of methoxy groups -OCH3 is 2. The Morgan fingerprint density at radius 3 is 2.10 bits per heavy atom. The summed E-state index contributed by atoms with van der Waals surface area (Å²) in [6, 6.07) is 11.9. The fraction of sp³-hybridized carbons (Fsp3) is 0.250. The molecule has 0 saturated heterocycles. The summed E-state index contributed by atoms with van der Waals surface area (Å²) >= 11 is 6.18. The molecule has 0 heterocycles. The van der Waals surface area contributed by atoms with Gasteiger partial charge in [0.25, 0.3) is 0 Å². The molecule has 106 valence electrons. The summed E-state index contributed by atoms with van der Waals surface area (Å²) in [4.78, 5) is 0. The number of hydrogen-bond acceptors (Lipinski definition) is 3. The smallest absolute Gasteiger partial charge is 0.137 e. The van der Waals surface area contributed by atoms with E-state index in [4.69, 9.17) is 21.1 Å². The van der Waals surface area contributed by atoms with E-state index in [9.17, 15) is 0 Å². The molecule has 0 radical (unpaired) electrons. The Bertz CT molecular complexity index is 599. The third-order valence-corrected chi connectivity index (χ3v) is 3.43. The first-order chi connectivity index (χ1) is 9.69. The predicted molar refractivity (Wildman–Crippen MR) is 82.8 cm³/mol. The summed E-state index contributed by atoms with van der Waals surface area (Å²) in [5.41, 5.74) is 3.26. The second-order valence-corrected chi connectivity index (χ2v) is 4.81. The highest BCUT2D eigenvalue weighted by Gasteiger charge is 2.07. The molecule has 0 unspecified atom stereocenters. The van der Waals surface area contributed by atoms with E-state index in [1.807, 2.05) is 37.4 Å². The van der Waals surface area contributed by atoms with Crippen LogP contribution in [0, 0.1) is 0 Å². The Balaban J connectivity index is 2.42. The van der Waals surface area contributed by atoms with Crippen LogP contribution in [-0.2, 0) is 6.54 Å². The second-order valence-electron chi connectivity index (χ2n) is 4.41. The standard InChI is InChI=1S/C16H18ClNO2/c1-18-10-13-8-11(4-6-15(13)19-2)12-5-7-16(20-3)14(17)9-12/h4-9,18H,10H2,1-3H3. The summed E-state index contributed by atoms with van der Waals surface area (Å²) < 4.78 is 10.5. The van der Waals surface area contributed by atoms with Crippen LogP contribution in [0.2, 0.25) is 5.02 Å². The van der Waals surface area contributed by atoms with Gasteiger partial charge in [-0.1, -0.05) is 23.7 Å². The molecule has 0 aliphatic heterocycles. The van der Waals surface area contributed by atoms with Gasteiger partial charge in [-0.05, 0) is 42.4 Å². The SMILES string of the molecule is CNCc1cc(-c2ccc(OC)c(Cl)c2)ccc1OC. The number of rotatable bonds is 5. The molecule has 0 atom stereocenters. The number of benzene rings is 2. The normalized spacial score (nSPS) is 10.4. The van der Waals surface area contributed by atoms with Gasteiger partial charge in [0.2, 0.25) is 0 Å². The van der Waals surface area contributed by atoms with Crippen molar-refractivity contribution in [2.24, 2.45) is 0 Å². The van der Waals surface area contributed by atoms with Crippen LogP contribution in [0.25, 0.3) is 11.1 Å². The van der Waals surface area contributed by atoms with Crippen molar-refractivity contribution in [2.75, 3.05) is 21.3 Å². The van der Waals surface area contributed by atoms with Crippen LogP contribution in [0.15, 0.2) is 36.4 Å². The Hall–Kier alpha value is -1.71. The molecule has 0 bridgehead atoms. The lowest BCUT2D eigenvalue weighted by molar-refractivity contribution is 0.408. The first kappa shape index (κ1) is 14.7. The average Bonchev–Trinajstić information content (AvgIpc) is 2.47. The zero-order chi connectivity index (χ0) is 14.5. The average molecular weight is 292 g/mol. The van der Waals surface area contributed by atoms with Gasteiger partial charge in [0.15, 0.2) is 0 Å². The van der Waals surface area contributed by atoms with Crippen LogP contribution in [0.3, 0.4) is 0 Å². The van der Waals surface area contributed by atoms with Crippen LogP contribution in [0.1, 0.15) is 5.56 Å². The molecule has 0 aromatic heterocycles. The molecule has 0 aliphatic rings. The van der Waals surface area contributed by atoms with Crippen molar-refractivity contribution in [3.8, 4) is 22.6 Å². The summed E-state index contributed by atoms with van der Waals surface area (Å²) in [5.74, 6) is 1.56. The first-order valence-electron chi connectivity index (χ1n) is 6.35. The van der Waals surface area contributed by atoms with Crippen molar-refractivity contribution in [1.29, 1.82) is 0 Å². The molecular formula is C16H18ClNO2. The van der Waals surface area contributed by atoms with Crippen LogP contribution in [0.5, 0.6) is 11.5 Å². The topological polar surface area (TPSA) is 30.5 Å². The molecule has 2 aromatic carbocycles. The first-order valence-corrected chi connectivity index (χ1v) is 6.72. The van der Waals surface area contributed by atoms with Gasteiger partial charge in [-0.25, -0.2) is 0 Å². The zero-order valence-corrected chi connectivity index (χ0v) is 12.6. The van der Waals surface area contributed by atoms with E-state index >= 15 is 0 Å². The van der Waals surface area contributed by atoms with Gasteiger partial charge in [-0.2, -0.15) is 0 Å². The molecule has 20 heavy (non-hydrogen) atoms. The van der Waals surface area contributed by atoms with E-state index in [1.54, 1.807) is 14.2 Å². The Kier molecular flexibility index (Phi) is 4.88. The second kappa shape index (κ2) is 6.64. The van der Waals surface area contributed by atoms with Crippen LogP contribution in [0.4, 0.5) is 0 Å². The van der Waals surface area contributed by atoms with E-state index in [-0.39, 0.29) is 0 Å². The van der Waals surface area contributed by atoms with Crippen molar-refractivity contribution in [2.45, 2.75) is 6.54 Å². The highest BCUT2D eigenvalue weighted by molar-refractivity contribution is 6.32. The van der Waals surface area contributed by atoms with E-state index in [2.05, 4.69) is 11.4 Å². The molecule has 2 aromatic rings. The van der Waals surface area contributed by atoms with Gasteiger partial charge < -0.3 is 14.8 Å². The summed E-state index contributed by atoms with van der Waals surface area (Å²) in [6.07, 6.45) is 0. The number of nitrogens with one attached hydrogen (secondary N) is 1. The highest BCUT2D eigenvalue weighted by atomic mass is 35.5. The molecule has 0 saturated carbocycles. The Morgan fingerprint density at radius 2 is 1.55 bits per heavy atom.